The molecule has 0 aromatic carbocycles. The summed E-state index contributed by atoms with van der Waals surface area (Å²) < 4.78 is 0. The monoisotopic (exact) mass is 327 g/mol. The fraction of sp³-hybridized carbons (Fsp3) is 0.632. The predicted octanol–water partition coefficient (Wildman–Crippen LogP) is 2.36. The first-order valence-electron chi connectivity index (χ1n) is 9.21. The van der Waals surface area contributed by atoms with Crippen LogP contribution >= 0.6 is 0 Å². The molecule has 24 heavy (non-hydrogen) atoms. The topological polar surface area (TPSA) is 53.5 Å². The standard InChI is InChI=1S/C19H25N3O2/c23-18-11-15(13-21(18)16-3-1-2-4-16)19(24)22(17-5-6-17)12-14-7-9-20-10-8-14/h7-10,15-17H,1-6,11-13H2. The number of aromatic nitrogens is 1. The lowest BCUT2D eigenvalue weighted by Gasteiger charge is -2.27. The van der Waals surface area contributed by atoms with Gasteiger partial charge in [0.05, 0.1) is 5.92 Å². The smallest absolute Gasteiger partial charge is 0.228 e. The second-order valence-electron chi connectivity index (χ2n) is 7.44. The summed E-state index contributed by atoms with van der Waals surface area (Å²) in [6.07, 6.45) is 10.7. The molecule has 128 valence electrons. The first-order valence-corrected chi connectivity index (χ1v) is 9.21. The van der Waals surface area contributed by atoms with Crippen LogP contribution in [0.3, 0.4) is 0 Å². The van der Waals surface area contributed by atoms with Gasteiger partial charge in [-0.25, -0.2) is 0 Å². The SMILES string of the molecule is O=C1CC(C(=O)N(Cc2ccncc2)C2CC2)CN1C1CCCC1. The van der Waals surface area contributed by atoms with E-state index >= 15 is 0 Å². The number of carbonyl (C=O) groups excluding carboxylic acids is 2. The third kappa shape index (κ3) is 3.17. The van der Waals surface area contributed by atoms with Gasteiger partial charge in [-0.05, 0) is 43.4 Å². The fourth-order valence-electron chi connectivity index (χ4n) is 4.16. The molecule has 0 radical (unpaired) electrons. The average molecular weight is 327 g/mol. The van der Waals surface area contributed by atoms with Gasteiger partial charge in [-0.2, -0.15) is 0 Å². The third-order valence-electron chi connectivity index (χ3n) is 5.65. The van der Waals surface area contributed by atoms with Crippen molar-refractivity contribution in [2.75, 3.05) is 6.54 Å². The molecule has 1 unspecified atom stereocenters. The van der Waals surface area contributed by atoms with Gasteiger partial charge >= 0.3 is 0 Å². The van der Waals surface area contributed by atoms with Gasteiger partial charge in [0.15, 0.2) is 0 Å². The Balaban J connectivity index is 1.44. The Morgan fingerprint density at radius 1 is 1.17 bits per heavy atom. The van der Waals surface area contributed by atoms with E-state index in [0.717, 1.165) is 31.2 Å². The lowest BCUT2D eigenvalue weighted by Crippen LogP contribution is -2.40. The average Bonchev–Trinajstić information content (AvgIpc) is 3.14. The minimum atomic E-state index is -0.152. The summed E-state index contributed by atoms with van der Waals surface area (Å²) >= 11 is 0. The molecule has 2 saturated carbocycles. The summed E-state index contributed by atoms with van der Waals surface area (Å²) in [5, 5.41) is 0. The highest BCUT2D eigenvalue weighted by Gasteiger charge is 2.43. The van der Waals surface area contributed by atoms with E-state index in [9.17, 15) is 9.59 Å². The van der Waals surface area contributed by atoms with Crippen LogP contribution in [-0.2, 0) is 16.1 Å². The largest absolute Gasteiger partial charge is 0.339 e. The van der Waals surface area contributed by atoms with E-state index in [2.05, 4.69) is 4.98 Å². The molecule has 1 saturated heterocycles. The van der Waals surface area contributed by atoms with Gasteiger partial charge in [0.2, 0.25) is 11.8 Å². The van der Waals surface area contributed by atoms with Crippen molar-refractivity contribution in [3.8, 4) is 0 Å². The lowest BCUT2D eigenvalue weighted by molar-refractivity contribution is -0.137. The summed E-state index contributed by atoms with van der Waals surface area (Å²) in [7, 11) is 0. The van der Waals surface area contributed by atoms with E-state index in [4.69, 9.17) is 0 Å². The first-order chi connectivity index (χ1) is 11.7. The van der Waals surface area contributed by atoms with Crippen LogP contribution in [0.15, 0.2) is 24.5 Å². The second-order valence-corrected chi connectivity index (χ2v) is 7.44. The van der Waals surface area contributed by atoms with Gasteiger partial charge in [-0.3, -0.25) is 14.6 Å². The van der Waals surface area contributed by atoms with Gasteiger partial charge in [-0.1, -0.05) is 12.8 Å². The number of rotatable bonds is 5. The maximum Gasteiger partial charge on any atom is 0.228 e. The highest BCUT2D eigenvalue weighted by molar-refractivity contribution is 5.89. The second kappa shape index (κ2) is 6.54. The van der Waals surface area contributed by atoms with Crippen LogP contribution in [0.1, 0.15) is 50.5 Å². The number of hydrogen-bond donors (Lipinski definition) is 0. The Bertz CT molecular complexity index is 608. The van der Waals surface area contributed by atoms with Crippen LogP contribution in [0.2, 0.25) is 0 Å². The van der Waals surface area contributed by atoms with Crippen molar-refractivity contribution in [2.24, 2.45) is 5.92 Å². The quantitative estimate of drug-likeness (QED) is 0.834. The van der Waals surface area contributed by atoms with Crippen molar-refractivity contribution in [3.63, 3.8) is 0 Å². The molecule has 0 spiro atoms. The summed E-state index contributed by atoms with van der Waals surface area (Å²) in [6.45, 7) is 1.27. The van der Waals surface area contributed by atoms with Crippen molar-refractivity contribution in [1.82, 2.24) is 14.8 Å². The summed E-state index contributed by atoms with van der Waals surface area (Å²) in [5.41, 5.74) is 1.11. The Kier molecular flexibility index (Phi) is 4.25. The zero-order chi connectivity index (χ0) is 16.5. The fourth-order valence-corrected chi connectivity index (χ4v) is 4.16. The highest BCUT2D eigenvalue weighted by Crippen LogP contribution is 2.34. The van der Waals surface area contributed by atoms with E-state index in [1.54, 1.807) is 12.4 Å². The van der Waals surface area contributed by atoms with Gasteiger partial charge in [0.25, 0.3) is 0 Å². The molecule has 0 N–H and O–H groups in total. The third-order valence-corrected chi connectivity index (χ3v) is 5.65. The molecule has 5 heteroatoms. The molecule has 4 rings (SSSR count). The maximum absolute atomic E-state index is 13.1. The van der Waals surface area contributed by atoms with Crippen molar-refractivity contribution in [2.45, 2.75) is 63.6 Å². The molecule has 2 heterocycles. The van der Waals surface area contributed by atoms with Crippen molar-refractivity contribution in [1.29, 1.82) is 0 Å². The molecular formula is C19H25N3O2. The van der Waals surface area contributed by atoms with Gasteiger partial charge in [0, 0.05) is 44.0 Å². The number of carbonyl (C=O) groups is 2. The number of pyridine rings is 1. The lowest BCUT2D eigenvalue weighted by atomic mass is 10.1. The predicted molar refractivity (Wildman–Crippen MR) is 89.9 cm³/mol. The summed E-state index contributed by atoms with van der Waals surface area (Å²) in [5.74, 6) is 0.198. The van der Waals surface area contributed by atoms with Crippen molar-refractivity contribution < 1.29 is 9.59 Å². The summed E-state index contributed by atoms with van der Waals surface area (Å²) in [6, 6.07) is 4.67. The van der Waals surface area contributed by atoms with E-state index in [1.165, 1.54) is 12.8 Å². The molecule has 1 aromatic heterocycles. The van der Waals surface area contributed by atoms with Crippen LogP contribution in [0.4, 0.5) is 0 Å². The van der Waals surface area contributed by atoms with Crippen LogP contribution in [0.5, 0.6) is 0 Å². The van der Waals surface area contributed by atoms with Crippen molar-refractivity contribution in [3.05, 3.63) is 30.1 Å². The van der Waals surface area contributed by atoms with E-state index in [-0.39, 0.29) is 17.7 Å². The maximum atomic E-state index is 13.1. The molecule has 2 aliphatic carbocycles. The Morgan fingerprint density at radius 3 is 2.54 bits per heavy atom. The highest BCUT2D eigenvalue weighted by atomic mass is 16.2. The Morgan fingerprint density at radius 2 is 1.88 bits per heavy atom. The van der Waals surface area contributed by atoms with Gasteiger partial charge in [-0.15, -0.1) is 0 Å². The van der Waals surface area contributed by atoms with Crippen LogP contribution in [0.25, 0.3) is 0 Å². The molecule has 1 aromatic rings. The zero-order valence-electron chi connectivity index (χ0n) is 14.1. The van der Waals surface area contributed by atoms with E-state index < -0.39 is 0 Å². The molecule has 1 aliphatic heterocycles. The number of hydrogen-bond acceptors (Lipinski definition) is 3. The van der Waals surface area contributed by atoms with Gasteiger partial charge < -0.3 is 9.80 Å². The Hall–Kier alpha value is -1.91. The normalized spacial score (nSPS) is 24.6. The zero-order valence-corrected chi connectivity index (χ0v) is 14.1. The molecule has 5 nitrogen and oxygen atoms in total. The number of likely N-dealkylation sites (tertiary alicyclic amines) is 1. The van der Waals surface area contributed by atoms with Crippen LogP contribution in [-0.4, -0.2) is 45.2 Å². The van der Waals surface area contributed by atoms with E-state index in [0.29, 0.717) is 31.6 Å². The minimum absolute atomic E-state index is 0.152. The van der Waals surface area contributed by atoms with E-state index in [1.807, 2.05) is 21.9 Å². The molecule has 0 bridgehead atoms. The molecular weight excluding hydrogens is 302 g/mol. The first kappa shape index (κ1) is 15.6. The molecule has 3 aliphatic rings. The molecule has 1 atom stereocenters. The van der Waals surface area contributed by atoms with Crippen molar-refractivity contribution >= 4 is 11.8 Å². The molecule has 2 amide bonds. The minimum Gasteiger partial charge on any atom is -0.339 e. The number of nitrogens with zero attached hydrogens (tertiary/aromatic N) is 3. The van der Waals surface area contributed by atoms with Gasteiger partial charge in [0.1, 0.15) is 0 Å². The Labute approximate surface area is 143 Å². The molecule has 3 fully saturated rings. The van der Waals surface area contributed by atoms with Crippen LogP contribution in [0, 0.1) is 5.92 Å². The van der Waals surface area contributed by atoms with Crippen LogP contribution < -0.4 is 0 Å². The number of amides is 2. The summed E-state index contributed by atoms with van der Waals surface area (Å²) in [4.78, 5) is 33.5.